The van der Waals surface area contributed by atoms with E-state index in [-0.39, 0.29) is 11.9 Å². The Bertz CT molecular complexity index is 1350. The Morgan fingerprint density at radius 1 is 1.24 bits per heavy atom. The molecule has 4 aromatic rings. The van der Waals surface area contributed by atoms with Gasteiger partial charge in [0.05, 0.1) is 28.7 Å². The van der Waals surface area contributed by atoms with Crippen molar-refractivity contribution in [3.63, 3.8) is 0 Å². The number of para-hydroxylation sites is 1. The standard InChI is InChI=1S/C25H23N5O3/c1-2-21(31)27-16-10-13-19-20(14-16)30-25(28-19)22(24(26)32)23(29-30)15-8-11-18(12-9-15)33-17-6-4-3-5-7-17/h2-13,16,24,29,32H,1,14,26H2,(H,27,31). The molecule has 2 heterocycles. The van der Waals surface area contributed by atoms with Crippen molar-refractivity contribution in [3.8, 4) is 22.8 Å². The first-order valence-electron chi connectivity index (χ1n) is 10.5. The van der Waals surface area contributed by atoms with Crippen molar-refractivity contribution >= 4 is 17.6 Å². The smallest absolute Gasteiger partial charge is 0.243 e. The lowest BCUT2D eigenvalue weighted by molar-refractivity contribution is -0.116. The number of nitrogens with two attached hydrogens (primary N) is 1. The molecule has 8 heteroatoms. The van der Waals surface area contributed by atoms with Crippen LogP contribution in [0.1, 0.15) is 23.2 Å². The van der Waals surface area contributed by atoms with Crippen molar-refractivity contribution in [1.29, 1.82) is 0 Å². The third kappa shape index (κ3) is 3.93. The summed E-state index contributed by atoms with van der Waals surface area (Å²) in [6.45, 7) is 3.50. The van der Waals surface area contributed by atoms with E-state index in [1.165, 1.54) is 6.08 Å². The van der Waals surface area contributed by atoms with Crippen LogP contribution >= 0.6 is 0 Å². The highest BCUT2D eigenvalue weighted by molar-refractivity contribution is 5.87. The molecule has 8 nitrogen and oxygen atoms in total. The highest BCUT2D eigenvalue weighted by Crippen LogP contribution is 2.33. The van der Waals surface area contributed by atoms with Crippen LogP contribution in [-0.2, 0) is 11.2 Å². The zero-order chi connectivity index (χ0) is 22.9. The molecule has 166 valence electrons. The minimum absolute atomic E-state index is 0.185. The van der Waals surface area contributed by atoms with Crippen LogP contribution in [-0.4, -0.2) is 31.7 Å². The van der Waals surface area contributed by atoms with Crippen LogP contribution in [0, 0.1) is 0 Å². The van der Waals surface area contributed by atoms with E-state index in [0.717, 1.165) is 22.7 Å². The van der Waals surface area contributed by atoms with E-state index in [0.29, 0.717) is 29.1 Å². The second-order valence-electron chi connectivity index (χ2n) is 7.77. The van der Waals surface area contributed by atoms with E-state index in [1.807, 2.05) is 71.3 Å². The number of nitrogens with one attached hydrogen (secondary N) is 2. The number of imidazole rings is 1. The van der Waals surface area contributed by atoms with Gasteiger partial charge >= 0.3 is 0 Å². The van der Waals surface area contributed by atoms with Gasteiger partial charge < -0.3 is 20.9 Å². The molecular weight excluding hydrogens is 418 g/mol. The molecule has 0 saturated carbocycles. The molecule has 33 heavy (non-hydrogen) atoms. The summed E-state index contributed by atoms with van der Waals surface area (Å²) in [5.74, 6) is 1.20. The predicted octanol–water partition coefficient (Wildman–Crippen LogP) is 3.31. The number of aliphatic hydroxyl groups excluding tert-OH is 1. The minimum atomic E-state index is -1.22. The summed E-state index contributed by atoms with van der Waals surface area (Å²) in [4.78, 5) is 16.4. The number of carbonyl (C=O) groups is 1. The van der Waals surface area contributed by atoms with Crippen LogP contribution in [0.3, 0.4) is 0 Å². The summed E-state index contributed by atoms with van der Waals surface area (Å²) in [7, 11) is 0. The number of amides is 1. The van der Waals surface area contributed by atoms with E-state index < -0.39 is 6.23 Å². The monoisotopic (exact) mass is 441 g/mol. The number of hydrogen-bond donors (Lipinski definition) is 4. The third-order valence-electron chi connectivity index (χ3n) is 5.57. The normalized spacial score (nSPS) is 15.8. The number of benzene rings is 2. The number of fused-ring (bicyclic) bond motifs is 3. The molecule has 5 rings (SSSR count). The lowest BCUT2D eigenvalue weighted by Gasteiger charge is -2.17. The van der Waals surface area contributed by atoms with Gasteiger partial charge in [-0.15, -0.1) is 0 Å². The Hall–Kier alpha value is -4.14. The Morgan fingerprint density at radius 3 is 2.67 bits per heavy atom. The van der Waals surface area contributed by atoms with E-state index >= 15 is 0 Å². The lowest BCUT2D eigenvalue weighted by atomic mass is 10.0. The maximum absolute atomic E-state index is 11.7. The second kappa shape index (κ2) is 8.42. The van der Waals surface area contributed by atoms with Gasteiger partial charge in [-0.25, -0.2) is 9.50 Å². The quantitative estimate of drug-likeness (QED) is 0.270. The van der Waals surface area contributed by atoms with Gasteiger partial charge in [-0.2, -0.15) is 0 Å². The molecular formula is C25H23N5O3. The van der Waals surface area contributed by atoms with E-state index in [9.17, 15) is 9.90 Å². The van der Waals surface area contributed by atoms with Crippen LogP contribution in [0.15, 0.2) is 73.3 Å². The molecule has 0 radical (unpaired) electrons. The minimum Gasteiger partial charge on any atom is -0.457 e. The van der Waals surface area contributed by atoms with Gasteiger partial charge in [-0.1, -0.05) is 30.9 Å². The van der Waals surface area contributed by atoms with Gasteiger partial charge in [-0.3, -0.25) is 9.89 Å². The average Bonchev–Trinajstić information content (AvgIpc) is 3.36. The van der Waals surface area contributed by atoms with Crippen molar-refractivity contribution in [2.45, 2.75) is 18.7 Å². The van der Waals surface area contributed by atoms with Crippen LogP contribution in [0.25, 0.3) is 23.0 Å². The second-order valence-corrected chi connectivity index (χ2v) is 7.77. The average molecular weight is 441 g/mol. The maximum atomic E-state index is 11.7. The number of aliphatic hydroxyl groups is 1. The Kier molecular flexibility index (Phi) is 5.29. The summed E-state index contributed by atoms with van der Waals surface area (Å²) in [6.07, 6.45) is 4.31. The van der Waals surface area contributed by atoms with Gasteiger partial charge in [-0.05, 0) is 48.6 Å². The van der Waals surface area contributed by atoms with Gasteiger partial charge in [0.2, 0.25) is 5.91 Å². The molecule has 0 aliphatic heterocycles. The van der Waals surface area contributed by atoms with Crippen molar-refractivity contribution in [2.75, 3.05) is 0 Å². The lowest BCUT2D eigenvalue weighted by Crippen LogP contribution is -2.35. The summed E-state index contributed by atoms with van der Waals surface area (Å²) < 4.78 is 7.69. The molecule has 0 saturated heterocycles. The molecule has 2 aromatic heterocycles. The first kappa shape index (κ1) is 20.7. The van der Waals surface area contributed by atoms with Gasteiger partial charge in [0, 0.05) is 12.0 Å². The van der Waals surface area contributed by atoms with E-state index in [4.69, 9.17) is 10.5 Å². The van der Waals surface area contributed by atoms with Crippen LogP contribution in [0.2, 0.25) is 0 Å². The fraction of sp³-hybridized carbons (Fsp3) is 0.120. The molecule has 0 fully saturated rings. The van der Waals surface area contributed by atoms with Crippen LogP contribution in [0.5, 0.6) is 11.5 Å². The Morgan fingerprint density at radius 2 is 1.97 bits per heavy atom. The number of nitrogens with zero attached hydrogens (tertiary/aromatic N) is 2. The zero-order valence-corrected chi connectivity index (χ0v) is 17.7. The number of aromatic amines is 1. The summed E-state index contributed by atoms with van der Waals surface area (Å²) in [5.41, 5.74) is 10.1. The number of carbonyl (C=O) groups excluding carboxylic acids is 1. The molecule has 0 spiro atoms. The zero-order valence-electron chi connectivity index (χ0n) is 17.7. The predicted molar refractivity (Wildman–Crippen MR) is 126 cm³/mol. The molecule has 1 aliphatic carbocycles. The Labute approximate surface area is 190 Å². The van der Waals surface area contributed by atoms with Crippen LogP contribution < -0.4 is 15.8 Å². The fourth-order valence-corrected chi connectivity index (χ4v) is 4.02. The molecule has 2 unspecified atom stereocenters. The number of H-pyrrole nitrogens is 1. The number of aromatic nitrogens is 3. The van der Waals surface area contributed by atoms with E-state index in [2.05, 4.69) is 22.0 Å². The molecule has 1 amide bonds. The maximum Gasteiger partial charge on any atom is 0.243 e. The first-order valence-corrected chi connectivity index (χ1v) is 10.5. The number of rotatable bonds is 6. The molecule has 2 aromatic carbocycles. The molecule has 5 N–H and O–H groups in total. The number of ether oxygens (including phenoxy) is 1. The number of hydrogen-bond acceptors (Lipinski definition) is 5. The highest BCUT2D eigenvalue weighted by atomic mass is 16.5. The summed E-state index contributed by atoms with van der Waals surface area (Å²) >= 11 is 0. The molecule has 2 atom stereocenters. The summed E-state index contributed by atoms with van der Waals surface area (Å²) in [5, 5.41) is 16.6. The molecule has 1 aliphatic rings. The van der Waals surface area contributed by atoms with Gasteiger partial charge in [0.25, 0.3) is 0 Å². The first-order chi connectivity index (χ1) is 16.0. The summed E-state index contributed by atoms with van der Waals surface area (Å²) in [6, 6.07) is 16.9. The Balaban J connectivity index is 1.49. The highest BCUT2D eigenvalue weighted by Gasteiger charge is 2.26. The largest absolute Gasteiger partial charge is 0.457 e. The third-order valence-corrected chi connectivity index (χ3v) is 5.57. The van der Waals surface area contributed by atoms with E-state index in [1.54, 1.807) is 0 Å². The SMILES string of the molecule is C=CC(=O)NC1C=Cc2nc3c(C(N)O)c(-c4ccc(Oc5ccccc5)cc4)[nH]n3c2C1. The van der Waals surface area contributed by atoms with Gasteiger partial charge in [0.15, 0.2) is 5.65 Å². The molecule has 0 bridgehead atoms. The van der Waals surface area contributed by atoms with Crippen molar-refractivity contribution in [2.24, 2.45) is 5.73 Å². The van der Waals surface area contributed by atoms with Crippen molar-refractivity contribution < 1.29 is 14.6 Å². The van der Waals surface area contributed by atoms with Crippen molar-refractivity contribution in [1.82, 2.24) is 19.9 Å². The van der Waals surface area contributed by atoms with Crippen molar-refractivity contribution in [3.05, 3.63) is 90.3 Å². The van der Waals surface area contributed by atoms with Gasteiger partial charge in [0.1, 0.15) is 17.7 Å². The van der Waals surface area contributed by atoms with Crippen LogP contribution in [0.4, 0.5) is 0 Å². The fourth-order valence-electron chi connectivity index (χ4n) is 4.02. The topological polar surface area (TPSA) is 118 Å².